The Bertz CT molecular complexity index is 1200. The Morgan fingerprint density at radius 1 is 1.00 bits per heavy atom. The van der Waals surface area contributed by atoms with E-state index >= 15 is 0 Å². The first-order chi connectivity index (χ1) is 16.2. The summed E-state index contributed by atoms with van der Waals surface area (Å²) in [5.74, 6) is 1.43. The second kappa shape index (κ2) is 10.0. The maximum atomic E-state index is 12.2. The summed E-state index contributed by atoms with van der Waals surface area (Å²) in [6, 6.07) is 5.52. The lowest BCUT2D eigenvalue weighted by Crippen LogP contribution is -2.14. The van der Waals surface area contributed by atoms with Gasteiger partial charge in [0.2, 0.25) is 16.2 Å². The number of nitrogens with one attached hydrogen (secondary N) is 2. The lowest BCUT2D eigenvalue weighted by molar-refractivity contribution is -0.115. The van der Waals surface area contributed by atoms with Crippen LogP contribution in [0, 0.1) is 5.92 Å². The van der Waals surface area contributed by atoms with Crippen LogP contribution in [0.3, 0.4) is 0 Å². The summed E-state index contributed by atoms with van der Waals surface area (Å²) in [6.07, 6.45) is 10.9. The lowest BCUT2D eigenvalue weighted by Gasteiger charge is -2.07. The zero-order valence-electron chi connectivity index (χ0n) is 17.6. The predicted octanol–water partition coefficient (Wildman–Crippen LogP) is 3.63. The minimum atomic E-state index is -0.139. The topological polar surface area (TPSA) is 131 Å². The maximum absolute atomic E-state index is 12.2. The molecule has 4 aromatic rings. The molecular formula is C21H21N9OS2. The van der Waals surface area contributed by atoms with Crippen LogP contribution in [-0.2, 0) is 17.6 Å². The van der Waals surface area contributed by atoms with Gasteiger partial charge in [0.25, 0.3) is 0 Å². The van der Waals surface area contributed by atoms with Crippen LogP contribution in [0.5, 0.6) is 0 Å². The number of hydrogen-bond acceptors (Lipinski definition) is 11. The fourth-order valence-corrected chi connectivity index (χ4v) is 5.64. The third kappa shape index (κ3) is 5.71. The van der Waals surface area contributed by atoms with E-state index in [2.05, 4.69) is 46.0 Å². The summed E-state index contributed by atoms with van der Waals surface area (Å²) in [4.78, 5) is 24.6. The highest BCUT2D eigenvalue weighted by Gasteiger charge is 2.29. The third-order valence-electron chi connectivity index (χ3n) is 5.37. The van der Waals surface area contributed by atoms with Crippen molar-refractivity contribution in [3.63, 3.8) is 0 Å². The first-order valence-electron chi connectivity index (χ1n) is 10.6. The van der Waals surface area contributed by atoms with Crippen LogP contribution in [-0.4, -0.2) is 41.3 Å². The van der Waals surface area contributed by atoms with E-state index < -0.39 is 0 Å². The Hall–Kier alpha value is -3.38. The molecule has 4 aromatic heterocycles. The van der Waals surface area contributed by atoms with Gasteiger partial charge in [-0.05, 0) is 37.3 Å². The normalized spacial score (nSPS) is 17.7. The van der Waals surface area contributed by atoms with Crippen LogP contribution in [0.2, 0.25) is 0 Å². The molecule has 1 aliphatic rings. The van der Waals surface area contributed by atoms with E-state index in [1.54, 1.807) is 36.1 Å². The van der Waals surface area contributed by atoms with Crippen molar-refractivity contribution in [2.45, 2.75) is 38.0 Å². The molecule has 1 aliphatic carbocycles. The van der Waals surface area contributed by atoms with Gasteiger partial charge in [0.1, 0.15) is 10.0 Å². The maximum Gasteiger partial charge on any atom is 0.232 e. The summed E-state index contributed by atoms with van der Waals surface area (Å²) in [7, 11) is 0. The van der Waals surface area contributed by atoms with Gasteiger partial charge < -0.3 is 10.6 Å². The molecule has 0 bridgehead atoms. The van der Waals surface area contributed by atoms with E-state index in [9.17, 15) is 4.79 Å². The molecule has 4 heterocycles. The first kappa shape index (κ1) is 21.5. The Labute approximate surface area is 198 Å². The number of anilines is 3. The van der Waals surface area contributed by atoms with Gasteiger partial charge in [-0.1, -0.05) is 28.7 Å². The van der Waals surface area contributed by atoms with Crippen molar-refractivity contribution in [3.8, 4) is 0 Å². The van der Waals surface area contributed by atoms with Crippen LogP contribution in [0.1, 0.15) is 40.9 Å². The molecule has 1 fully saturated rings. The second-order valence-corrected chi connectivity index (χ2v) is 9.86. The molecule has 12 heteroatoms. The van der Waals surface area contributed by atoms with E-state index in [1.807, 2.05) is 18.2 Å². The first-order valence-corrected chi connectivity index (χ1v) is 12.2. The molecule has 0 spiro atoms. The Balaban J connectivity index is 1.12. The standard InChI is InChI=1S/C21H21N9OS2/c31-17(11-15-3-1-2-6-23-15)26-21-29-27-18(32-21)10-13-4-5-14(9-13)19-28-30-20(33-19)25-16-12-22-7-8-24-16/h1-3,6-8,12-14H,4-5,9-11H2,(H,24,25,30)(H,26,29,31)/t13-,14+/m0/s1. The smallest absolute Gasteiger partial charge is 0.232 e. The van der Waals surface area contributed by atoms with Crippen molar-refractivity contribution < 1.29 is 4.79 Å². The number of carbonyl (C=O) groups is 1. The zero-order chi connectivity index (χ0) is 22.5. The molecular weight excluding hydrogens is 458 g/mol. The van der Waals surface area contributed by atoms with E-state index in [0.29, 0.717) is 22.8 Å². The Kier molecular flexibility index (Phi) is 6.53. The van der Waals surface area contributed by atoms with Crippen LogP contribution < -0.4 is 10.6 Å². The second-order valence-electron chi connectivity index (χ2n) is 7.79. The molecule has 168 valence electrons. The van der Waals surface area contributed by atoms with E-state index in [1.165, 1.54) is 11.3 Å². The van der Waals surface area contributed by atoms with E-state index in [-0.39, 0.29) is 12.3 Å². The SMILES string of the molecule is O=C(Cc1ccccn1)Nc1nnc(C[C@H]2CC[C@@H](c3nnc(Nc4cnccn4)s3)C2)s1. The molecule has 1 saturated carbocycles. The van der Waals surface area contributed by atoms with Gasteiger partial charge >= 0.3 is 0 Å². The number of amides is 1. The monoisotopic (exact) mass is 479 g/mol. The van der Waals surface area contributed by atoms with Crippen molar-refractivity contribution >= 4 is 44.7 Å². The van der Waals surface area contributed by atoms with Crippen molar-refractivity contribution in [2.24, 2.45) is 5.92 Å². The highest BCUT2D eigenvalue weighted by atomic mass is 32.1. The van der Waals surface area contributed by atoms with Gasteiger partial charge in [0.15, 0.2) is 5.82 Å². The number of carbonyl (C=O) groups excluding carboxylic acids is 1. The molecule has 0 unspecified atom stereocenters. The fraction of sp³-hybridized carbons (Fsp3) is 0.333. The molecule has 5 rings (SSSR count). The average molecular weight is 480 g/mol. The molecule has 10 nitrogen and oxygen atoms in total. The van der Waals surface area contributed by atoms with Gasteiger partial charge in [-0.15, -0.1) is 20.4 Å². The lowest BCUT2D eigenvalue weighted by atomic mass is 10.0. The van der Waals surface area contributed by atoms with Gasteiger partial charge in [-0.25, -0.2) is 4.98 Å². The number of pyridine rings is 1. The van der Waals surface area contributed by atoms with Crippen LogP contribution in [0.25, 0.3) is 0 Å². The summed E-state index contributed by atoms with van der Waals surface area (Å²) in [5, 5.41) is 26.3. The van der Waals surface area contributed by atoms with Crippen molar-refractivity contribution in [2.75, 3.05) is 10.6 Å². The highest BCUT2D eigenvalue weighted by Crippen LogP contribution is 2.41. The molecule has 33 heavy (non-hydrogen) atoms. The third-order valence-corrected chi connectivity index (χ3v) is 7.24. The van der Waals surface area contributed by atoms with Crippen molar-refractivity contribution in [3.05, 3.63) is 58.7 Å². The minimum Gasteiger partial charge on any atom is -0.313 e. The number of rotatable bonds is 8. The van der Waals surface area contributed by atoms with E-state index in [0.717, 1.165) is 46.5 Å². The summed E-state index contributed by atoms with van der Waals surface area (Å²) >= 11 is 3.00. The van der Waals surface area contributed by atoms with Crippen LogP contribution in [0.4, 0.5) is 16.1 Å². The zero-order valence-corrected chi connectivity index (χ0v) is 19.2. The van der Waals surface area contributed by atoms with E-state index in [4.69, 9.17) is 0 Å². The largest absolute Gasteiger partial charge is 0.313 e. The fourth-order valence-electron chi connectivity index (χ4n) is 3.87. The Morgan fingerprint density at radius 3 is 2.79 bits per heavy atom. The molecule has 0 aliphatic heterocycles. The summed E-state index contributed by atoms with van der Waals surface area (Å²) in [6.45, 7) is 0. The Morgan fingerprint density at radius 2 is 1.94 bits per heavy atom. The molecule has 2 atom stereocenters. The molecule has 0 radical (unpaired) electrons. The quantitative estimate of drug-likeness (QED) is 0.389. The van der Waals surface area contributed by atoms with Crippen molar-refractivity contribution in [1.29, 1.82) is 0 Å². The summed E-state index contributed by atoms with van der Waals surface area (Å²) in [5.41, 5.74) is 0.725. The number of aromatic nitrogens is 7. The van der Waals surface area contributed by atoms with Crippen LogP contribution in [0.15, 0.2) is 43.0 Å². The molecule has 0 saturated heterocycles. The molecule has 1 amide bonds. The predicted molar refractivity (Wildman–Crippen MR) is 125 cm³/mol. The van der Waals surface area contributed by atoms with Gasteiger partial charge in [0, 0.05) is 36.6 Å². The molecule has 2 N–H and O–H groups in total. The number of nitrogens with zero attached hydrogens (tertiary/aromatic N) is 7. The van der Waals surface area contributed by atoms with Gasteiger partial charge in [0.05, 0.1) is 12.6 Å². The number of hydrogen-bond donors (Lipinski definition) is 2. The summed E-state index contributed by atoms with van der Waals surface area (Å²) < 4.78 is 0. The average Bonchev–Trinajstić information content (AvgIpc) is 3.57. The van der Waals surface area contributed by atoms with Crippen molar-refractivity contribution in [1.82, 2.24) is 35.3 Å². The highest BCUT2D eigenvalue weighted by molar-refractivity contribution is 7.15. The van der Waals surface area contributed by atoms with Gasteiger partial charge in [-0.3, -0.25) is 14.8 Å². The van der Waals surface area contributed by atoms with Crippen LogP contribution >= 0.6 is 22.7 Å². The minimum absolute atomic E-state index is 0.139. The molecule has 0 aromatic carbocycles. The van der Waals surface area contributed by atoms with Gasteiger partial charge in [-0.2, -0.15) is 0 Å².